The molecule has 3 rings (SSSR count). The van der Waals surface area contributed by atoms with Gasteiger partial charge in [0.2, 0.25) is 5.88 Å². The molecular weight excluding hydrogens is 567 g/mol. The van der Waals surface area contributed by atoms with Crippen molar-refractivity contribution >= 4 is 25.6 Å². The molecule has 1 aliphatic heterocycles. The van der Waals surface area contributed by atoms with E-state index in [0.717, 1.165) is 10.9 Å². The summed E-state index contributed by atoms with van der Waals surface area (Å²) in [5.74, 6) is -3.38. The van der Waals surface area contributed by atoms with Crippen molar-refractivity contribution in [3.63, 3.8) is 0 Å². The van der Waals surface area contributed by atoms with Crippen LogP contribution in [0, 0.1) is 0 Å². The zero-order valence-electron chi connectivity index (χ0n) is 22.5. The average molecular weight is 601 g/mol. The first-order valence-corrected chi connectivity index (χ1v) is 14.1. The average Bonchev–Trinajstić information content (AvgIpc) is 3.41. The number of para-hydroxylation sites is 1. The highest BCUT2D eigenvalue weighted by atomic mass is 31.2. The summed E-state index contributed by atoms with van der Waals surface area (Å²) in [5, 5.41) is 33.8. The van der Waals surface area contributed by atoms with Crippen LogP contribution in [0.5, 0.6) is 11.6 Å². The lowest BCUT2D eigenvalue weighted by Crippen LogP contribution is -2.41. The van der Waals surface area contributed by atoms with Gasteiger partial charge in [-0.15, -0.1) is 0 Å². The molecule has 226 valence electrons. The summed E-state index contributed by atoms with van der Waals surface area (Å²) < 4.78 is 41.6. The van der Waals surface area contributed by atoms with E-state index >= 15 is 0 Å². The lowest BCUT2D eigenvalue weighted by molar-refractivity contribution is -0.154. The number of nitrogens with zero attached hydrogens (tertiary/aromatic N) is 2. The fourth-order valence-corrected chi connectivity index (χ4v) is 5.27. The molecule has 1 saturated heterocycles. The van der Waals surface area contributed by atoms with Gasteiger partial charge in [-0.05, 0) is 32.9 Å². The summed E-state index contributed by atoms with van der Waals surface area (Å²) in [6.45, 7) is 4.11. The van der Waals surface area contributed by atoms with Crippen LogP contribution in [0.25, 0.3) is 0 Å². The van der Waals surface area contributed by atoms with Crippen LogP contribution in [0.1, 0.15) is 43.9 Å². The summed E-state index contributed by atoms with van der Waals surface area (Å²) in [4.78, 5) is 40.1. The quantitative estimate of drug-likeness (QED) is 0.146. The summed E-state index contributed by atoms with van der Waals surface area (Å²) in [6, 6.07) is 6.26. The molecule has 6 N–H and O–H groups in total. The van der Waals surface area contributed by atoms with E-state index < -0.39 is 86.9 Å². The van der Waals surface area contributed by atoms with E-state index in [1.807, 2.05) is 0 Å². The Morgan fingerprint density at radius 2 is 1.88 bits per heavy atom. The van der Waals surface area contributed by atoms with Crippen LogP contribution in [0.3, 0.4) is 0 Å². The largest absolute Gasteiger partial charge is 0.493 e. The summed E-state index contributed by atoms with van der Waals surface area (Å²) >= 11 is 0. The first kappa shape index (κ1) is 32.0. The zero-order valence-corrected chi connectivity index (χ0v) is 23.4. The maximum absolute atomic E-state index is 13.9. The number of aromatic hydroxyl groups is 1. The number of esters is 2. The highest BCUT2D eigenvalue weighted by Crippen LogP contribution is 2.46. The number of aliphatic hydroxyl groups is 2. The first-order valence-electron chi connectivity index (χ1n) is 12.6. The molecule has 1 unspecified atom stereocenters. The zero-order chi connectivity index (χ0) is 30.3. The number of hydrogen-bond acceptors (Lipinski definition) is 13. The van der Waals surface area contributed by atoms with Crippen LogP contribution in [-0.2, 0) is 32.9 Å². The van der Waals surface area contributed by atoms with Gasteiger partial charge in [0.1, 0.15) is 36.4 Å². The number of nitrogens with one attached hydrogen (secondary N) is 1. The van der Waals surface area contributed by atoms with E-state index in [4.69, 9.17) is 29.0 Å². The number of hydrogen-bond donors (Lipinski definition) is 5. The number of aliphatic hydroxyl groups excluding tert-OH is 2. The summed E-state index contributed by atoms with van der Waals surface area (Å²) in [7, 11) is -4.54. The molecule has 1 fully saturated rings. The second-order valence-corrected chi connectivity index (χ2v) is 10.8. The van der Waals surface area contributed by atoms with Crippen LogP contribution in [-0.4, -0.2) is 86.4 Å². The molecule has 0 bridgehead atoms. The number of carbonyl (C=O) groups excluding carboxylic acids is 3. The molecule has 0 radical (unpaired) electrons. The maximum atomic E-state index is 13.9. The molecule has 2 aromatic rings. The van der Waals surface area contributed by atoms with Crippen LogP contribution in [0.4, 0.5) is 0 Å². The van der Waals surface area contributed by atoms with Gasteiger partial charge in [0.25, 0.3) is 5.91 Å². The van der Waals surface area contributed by atoms with Crippen molar-refractivity contribution in [1.82, 2.24) is 14.6 Å². The van der Waals surface area contributed by atoms with Gasteiger partial charge in [0.05, 0.1) is 25.7 Å². The van der Waals surface area contributed by atoms with E-state index in [1.54, 1.807) is 39.0 Å². The van der Waals surface area contributed by atoms with Crippen molar-refractivity contribution in [3.05, 3.63) is 42.4 Å². The molecule has 1 aromatic heterocycles. The van der Waals surface area contributed by atoms with Crippen molar-refractivity contribution in [3.8, 4) is 11.6 Å². The van der Waals surface area contributed by atoms with Crippen molar-refractivity contribution in [1.29, 1.82) is 0 Å². The molecule has 0 saturated carbocycles. The third-order valence-electron chi connectivity index (χ3n) is 5.62. The topological polar surface area (TPSA) is 231 Å². The lowest BCUT2D eigenvalue weighted by atomic mass is 10.1. The number of imidazole rings is 1. The standard InChI is InChI=1S/C24H33N4O12P/c1-4-36-17(29)10-15(24(34)38-13(2)3)27-41(35,40-14-8-6-5-7-9-14)37-11-16-19(30)20(31)23(39-16)28-12-26-18(21(25)32)22(28)33/h5-9,12-13,15-16,19-20,23,30-31,33H,4,10-11H2,1-3H3,(H2,25,32)(H,27,35)/t15-,16+,19+,20+,23+,41?/m0/s1. The molecule has 0 aliphatic carbocycles. The van der Waals surface area contributed by atoms with E-state index in [1.165, 1.54) is 12.1 Å². The Balaban J connectivity index is 1.83. The highest BCUT2D eigenvalue weighted by molar-refractivity contribution is 7.52. The minimum Gasteiger partial charge on any atom is -0.493 e. The van der Waals surface area contributed by atoms with Crippen LogP contribution >= 0.6 is 7.75 Å². The molecule has 1 amide bonds. The van der Waals surface area contributed by atoms with E-state index in [-0.39, 0.29) is 12.4 Å². The second-order valence-electron chi connectivity index (χ2n) is 9.11. The minimum absolute atomic E-state index is 0.0350. The number of nitrogens with two attached hydrogens (primary N) is 1. The first-order chi connectivity index (χ1) is 19.3. The Morgan fingerprint density at radius 1 is 1.20 bits per heavy atom. The van der Waals surface area contributed by atoms with Crippen LogP contribution in [0.2, 0.25) is 0 Å². The molecule has 41 heavy (non-hydrogen) atoms. The Bertz CT molecular complexity index is 1260. The van der Waals surface area contributed by atoms with Crippen molar-refractivity contribution in [2.75, 3.05) is 13.2 Å². The maximum Gasteiger partial charge on any atom is 0.459 e. The van der Waals surface area contributed by atoms with Gasteiger partial charge in [0.15, 0.2) is 11.9 Å². The third-order valence-corrected chi connectivity index (χ3v) is 7.18. The number of amides is 1. The van der Waals surface area contributed by atoms with Crippen molar-refractivity contribution in [2.24, 2.45) is 5.73 Å². The number of ether oxygens (including phenoxy) is 3. The Hall–Kier alpha value is -3.53. The second kappa shape index (κ2) is 13.9. The Labute approximate surface area is 234 Å². The normalized spacial score (nSPS) is 22.6. The van der Waals surface area contributed by atoms with Crippen LogP contribution < -0.4 is 15.3 Å². The SMILES string of the molecule is CCOC(=O)C[C@H](NP(=O)(OC[C@H]1O[C@@H](n2cnc(C(N)=O)c2O)[C@H](O)[C@@H]1O)Oc1ccccc1)C(=O)OC(C)C. The summed E-state index contributed by atoms with van der Waals surface area (Å²) in [6.07, 6.45) is -6.23. The predicted octanol–water partition coefficient (Wildman–Crippen LogP) is 0.374. The van der Waals surface area contributed by atoms with Crippen molar-refractivity contribution < 1.29 is 57.5 Å². The van der Waals surface area contributed by atoms with Gasteiger partial charge in [-0.3, -0.25) is 23.5 Å². The molecule has 0 spiro atoms. The summed E-state index contributed by atoms with van der Waals surface area (Å²) in [5.41, 5.74) is 4.66. The minimum atomic E-state index is -4.54. The van der Waals surface area contributed by atoms with Gasteiger partial charge in [0, 0.05) is 0 Å². The van der Waals surface area contributed by atoms with Crippen LogP contribution in [0.15, 0.2) is 36.7 Å². The molecule has 1 aromatic carbocycles. The third kappa shape index (κ3) is 8.25. The van der Waals surface area contributed by atoms with Gasteiger partial charge < -0.3 is 39.8 Å². The number of benzene rings is 1. The monoisotopic (exact) mass is 600 g/mol. The molecule has 16 nitrogen and oxygen atoms in total. The van der Waals surface area contributed by atoms with Gasteiger partial charge in [-0.1, -0.05) is 18.2 Å². The molecule has 6 atom stereocenters. The molecular formula is C24H33N4O12P. The smallest absolute Gasteiger partial charge is 0.459 e. The number of aromatic nitrogens is 2. The fraction of sp³-hybridized carbons (Fsp3) is 0.500. The van der Waals surface area contributed by atoms with Crippen molar-refractivity contribution in [2.45, 2.75) is 63.9 Å². The fourth-order valence-electron chi connectivity index (χ4n) is 3.77. The van der Waals surface area contributed by atoms with E-state index in [0.29, 0.717) is 0 Å². The van der Waals surface area contributed by atoms with Gasteiger partial charge in [-0.25, -0.2) is 9.55 Å². The number of carbonyl (C=O) groups is 3. The van der Waals surface area contributed by atoms with Gasteiger partial charge in [-0.2, -0.15) is 5.09 Å². The lowest BCUT2D eigenvalue weighted by Gasteiger charge is -2.26. The molecule has 17 heteroatoms. The Kier molecular flexibility index (Phi) is 10.8. The highest BCUT2D eigenvalue weighted by Gasteiger charge is 2.46. The number of primary amides is 1. The van der Waals surface area contributed by atoms with E-state index in [9.17, 15) is 34.3 Å². The van der Waals surface area contributed by atoms with Gasteiger partial charge >= 0.3 is 19.7 Å². The number of rotatable bonds is 14. The van der Waals surface area contributed by atoms with E-state index in [2.05, 4.69) is 10.1 Å². The Morgan fingerprint density at radius 3 is 2.46 bits per heavy atom. The molecule has 2 heterocycles. The molecule has 1 aliphatic rings. The predicted molar refractivity (Wildman–Crippen MR) is 138 cm³/mol.